The van der Waals surface area contributed by atoms with Gasteiger partial charge in [0.25, 0.3) is 0 Å². The molecule has 1 aromatic carbocycles. The second-order valence-electron chi connectivity index (χ2n) is 3.72. The van der Waals surface area contributed by atoms with E-state index in [2.05, 4.69) is 48.1 Å². The van der Waals surface area contributed by atoms with Crippen LogP contribution in [0.1, 0.15) is 25.3 Å². The van der Waals surface area contributed by atoms with Crippen LogP contribution < -0.4 is 0 Å². The Bertz CT molecular complexity index is 402. The zero-order valence-corrected chi connectivity index (χ0v) is 8.49. The maximum Gasteiger partial charge on any atom is 0.137 e. The summed E-state index contributed by atoms with van der Waals surface area (Å²) < 4.78 is 0. The summed E-state index contributed by atoms with van der Waals surface area (Å²) in [5.41, 5.74) is 2.50. The van der Waals surface area contributed by atoms with Gasteiger partial charge < -0.3 is 4.98 Å². The van der Waals surface area contributed by atoms with Crippen molar-refractivity contribution in [2.24, 2.45) is 0 Å². The number of hydrogen-bond donors (Lipinski definition) is 1. The standard InChI is InChI=1S/C12H14N2/c1-9(2)10-4-3-5-11(8-10)12-13-6-7-14-12/h3-9H,1-2H3,(H,13,14). The van der Waals surface area contributed by atoms with Gasteiger partial charge in [0.1, 0.15) is 5.82 Å². The molecule has 0 atom stereocenters. The minimum Gasteiger partial charge on any atom is -0.345 e. The molecule has 2 rings (SSSR count). The molecule has 2 aromatic rings. The molecule has 0 unspecified atom stereocenters. The van der Waals surface area contributed by atoms with Crippen molar-refractivity contribution in [1.82, 2.24) is 9.97 Å². The van der Waals surface area contributed by atoms with Crippen LogP contribution in [-0.4, -0.2) is 9.97 Å². The van der Waals surface area contributed by atoms with E-state index in [4.69, 9.17) is 0 Å². The molecule has 72 valence electrons. The van der Waals surface area contributed by atoms with Gasteiger partial charge in [-0.25, -0.2) is 4.98 Å². The minimum atomic E-state index is 0.560. The molecular formula is C12H14N2. The summed E-state index contributed by atoms with van der Waals surface area (Å²) in [6.45, 7) is 4.39. The topological polar surface area (TPSA) is 28.7 Å². The Morgan fingerprint density at radius 2 is 2.14 bits per heavy atom. The van der Waals surface area contributed by atoms with Crippen molar-refractivity contribution < 1.29 is 0 Å². The molecule has 0 saturated carbocycles. The van der Waals surface area contributed by atoms with E-state index in [1.807, 2.05) is 6.20 Å². The third kappa shape index (κ3) is 1.69. The van der Waals surface area contributed by atoms with Crippen LogP contribution in [0.15, 0.2) is 36.7 Å². The number of aromatic nitrogens is 2. The van der Waals surface area contributed by atoms with E-state index in [-0.39, 0.29) is 0 Å². The first-order chi connectivity index (χ1) is 6.77. The Morgan fingerprint density at radius 3 is 2.79 bits per heavy atom. The maximum atomic E-state index is 4.23. The second kappa shape index (κ2) is 3.66. The molecule has 0 amide bonds. The first kappa shape index (κ1) is 9.00. The van der Waals surface area contributed by atoms with Crippen LogP contribution in [0.5, 0.6) is 0 Å². The molecule has 2 nitrogen and oxygen atoms in total. The highest BCUT2D eigenvalue weighted by Crippen LogP contribution is 2.20. The minimum absolute atomic E-state index is 0.560. The van der Waals surface area contributed by atoms with Crippen molar-refractivity contribution in [3.63, 3.8) is 0 Å². The number of nitrogens with one attached hydrogen (secondary N) is 1. The highest BCUT2D eigenvalue weighted by molar-refractivity contribution is 5.56. The van der Waals surface area contributed by atoms with Gasteiger partial charge >= 0.3 is 0 Å². The molecule has 0 aliphatic heterocycles. The third-order valence-corrected chi connectivity index (χ3v) is 2.32. The lowest BCUT2D eigenvalue weighted by Crippen LogP contribution is -1.88. The predicted octanol–water partition coefficient (Wildman–Crippen LogP) is 3.20. The van der Waals surface area contributed by atoms with Crippen LogP contribution in [0, 0.1) is 0 Å². The van der Waals surface area contributed by atoms with Crippen LogP contribution in [0.2, 0.25) is 0 Å². The number of benzene rings is 1. The lowest BCUT2D eigenvalue weighted by molar-refractivity contribution is 0.867. The summed E-state index contributed by atoms with van der Waals surface area (Å²) in [7, 11) is 0. The molecule has 0 fully saturated rings. The highest BCUT2D eigenvalue weighted by Gasteiger charge is 2.02. The molecule has 14 heavy (non-hydrogen) atoms. The maximum absolute atomic E-state index is 4.23. The summed E-state index contributed by atoms with van der Waals surface area (Å²) in [5, 5.41) is 0. The lowest BCUT2D eigenvalue weighted by Gasteiger charge is -2.06. The Kier molecular flexibility index (Phi) is 2.35. The van der Waals surface area contributed by atoms with Crippen molar-refractivity contribution in [3.05, 3.63) is 42.2 Å². The average molecular weight is 186 g/mol. The number of imidazole rings is 1. The smallest absolute Gasteiger partial charge is 0.137 e. The van der Waals surface area contributed by atoms with Gasteiger partial charge in [-0.2, -0.15) is 0 Å². The molecule has 1 aromatic heterocycles. The van der Waals surface area contributed by atoms with E-state index in [9.17, 15) is 0 Å². The average Bonchev–Trinajstić information content (AvgIpc) is 2.71. The fraction of sp³-hybridized carbons (Fsp3) is 0.250. The molecule has 0 saturated heterocycles. The Hall–Kier alpha value is -1.57. The number of rotatable bonds is 2. The summed E-state index contributed by atoms with van der Waals surface area (Å²) in [4.78, 5) is 7.34. The van der Waals surface area contributed by atoms with Gasteiger partial charge in [0.15, 0.2) is 0 Å². The van der Waals surface area contributed by atoms with E-state index in [0.717, 1.165) is 11.4 Å². The van der Waals surface area contributed by atoms with Crippen molar-refractivity contribution in [1.29, 1.82) is 0 Å². The van der Waals surface area contributed by atoms with Gasteiger partial charge in [0, 0.05) is 18.0 Å². The third-order valence-electron chi connectivity index (χ3n) is 2.32. The molecule has 0 aliphatic rings. The van der Waals surface area contributed by atoms with E-state index in [0.29, 0.717) is 5.92 Å². The Labute approximate surface area is 84.0 Å². The Morgan fingerprint density at radius 1 is 1.29 bits per heavy atom. The SMILES string of the molecule is CC(C)c1cccc(-c2ncc[nH]2)c1. The van der Waals surface area contributed by atoms with Crippen LogP contribution in [0.25, 0.3) is 11.4 Å². The van der Waals surface area contributed by atoms with Gasteiger partial charge in [-0.15, -0.1) is 0 Å². The fourth-order valence-corrected chi connectivity index (χ4v) is 1.47. The summed E-state index contributed by atoms with van der Waals surface area (Å²) >= 11 is 0. The highest BCUT2D eigenvalue weighted by atomic mass is 14.9. The first-order valence-corrected chi connectivity index (χ1v) is 4.87. The van der Waals surface area contributed by atoms with Gasteiger partial charge in [0.2, 0.25) is 0 Å². The van der Waals surface area contributed by atoms with E-state index < -0.39 is 0 Å². The normalized spacial score (nSPS) is 10.8. The molecule has 0 aliphatic carbocycles. The summed E-state index contributed by atoms with van der Waals surface area (Å²) in [6.07, 6.45) is 3.62. The number of nitrogens with zero attached hydrogens (tertiary/aromatic N) is 1. The predicted molar refractivity (Wildman–Crippen MR) is 58.1 cm³/mol. The molecule has 1 N–H and O–H groups in total. The van der Waals surface area contributed by atoms with Gasteiger partial charge in [-0.3, -0.25) is 0 Å². The van der Waals surface area contributed by atoms with Crippen molar-refractivity contribution in [2.45, 2.75) is 19.8 Å². The van der Waals surface area contributed by atoms with Crippen LogP contribution in [0.4, 0.5) is 0 Å². The van der Waals surface area contributed by atoms with Crippen molar-refractivity contribution >= 4 is 0 Å². The molecule has 1 heterocycles. The first-order valence-electron chi connectivity index (χ1n) is 4.87. The quantitative estimate of drug-likeness (QED) is 0.766. The number of aromatic amines is 1. The van der Waals surface area contributed by atoms with Crippen LogP contribution in [-0.2, 0) is 0 Å². The van der Waals surface area contributed by atoms with Crippen LogP contribution >= 0.6 is 0 Å². The molecular weight excluding hydrogens is 172 g/mol. The summed E-state index contributed by atoms with van der Waals surface area (Å²) in [6, 6.07) is 8.48. The monoisotopic (exact) mass is 186 g/mol. The van der Waals surface area contributed by atoms with E-state index in [1.165, 1.54) is 5.56 Å². The number of H-pyrrole nitrogens is 1. The zero-order valence-electron chi connectivity index (χ0n) is 8.49. The van der Waals surface area contributed by atoms with Crippen molar-refractivity contribution in [3.8, 4) is 11.4 Å². The lowest BCUT2D eigenvalue weighted by atomic mass is 10.0. The molecule has 0 radical (unpaired) electrons. The van der Waals surface area contributed by atoms with Crippen LogP contribution in [0.3, 0.4) is 0 Å². The summed E-state index contributed by atoms with van der Waals surface area (Å²) in [5.74, 6) is 1.50. The van der Waals surface area contributed by atoms with Gasteiger partial charge in [0.05, 0.1) is 0 Å². The molecule has 0 bridgehead atoms. The van der Waals surface area contributed by atoms with E-state index in [1.54, 1.807) is 6.20 Å². The van der Waals surface area contributed by atoms with Gasteiger partial charge in [-0.05, 0) is 17.5 Å². The Balaban J connectivity index is 2.41. The molecule has 2 heteroatoms. The number of hydrogen-bond acceptors (Lipinski definition) is 1. The second-order valence-corrected chi connectivity index (χ2v) is 3.72. The zero-order chi connectivity index (χ0) is 9.97. The van der Waals surface area contributed by atoms with E-state index >= 15 is 0 Å². The van der Waals surface area contributed by atoms with Crippen molar-refractivity contribution in [2.75, 3.05) is 0 Å². The fourth-order valence-electron chi connectivity index (χ4n) is 1.47. The molecule has 0 spiro atoms. The largest absolute Gasteiger partial charge is 0.345 e. The van der Waals surface area contributed by atoms with Gasteiger partial charge in [-0.1, -0.05) is 32.0 Å².